The highest BCUT2D eigenvalue weighted by Gasteiger charge is 2.31. The molecular weight excluding hydrogens is 386 g/mol. The maximum absolute atomic E-state index is 5.99. The number of aryl methyl sites for hydroxylation is 1. The van der Waals surface area contributed by atoms with Crippen LogP contribution in [0.15, 0.2) is 23.2 Å². The summed E-state index contributed by atoms with van der Waals surface area (Å²) in [6.07, 6.45) is 5.20. The third kappa shape index (κ3) is 8.07. The molecule has 0 spiro atoms. The molecule has 0 amide bonds. The molecule has 1 aliphatic rings. The van der Waals surface area contributed by atoms with Gasteiger partial charge in [-0.15, -0.1) is 0 Å². The number of ether oxygens (including phenoxy) is 3. The Bertz CT molecular complexity index is 634. The summed E-state index contributed by atoms with van der Waals surface area (Å²) in [5.41, 5.74) is 2.28. The number of thioether (sulfide) groups is 1. The molecule has 1 aromatic carbocycles. The highest BCUT2D eigenvalue weighted by Crippen LogP contribution is 2.33. The fourth-order valence-electron chi connectivity index (χ4n) is 3.26. The van der Waals surface area contributed by atoms with Crippen molar-refractivity contribution < 1.29 is 14.2 Å². The van der Waals surface area contributed by atoms with Gasteiger partial charge in [-0.05, 0) is 44.6 Å². The molecule has 164 valence electrons. The molecule has 0 saturated carbocycles. The number of benzene rings is 1. The Morgan fingerprint density at radius 1 is 1.24 bits per heavy atom. The summed E-state index contributed by atoms with van der Waals surface area (Å²) in [6, 6.07) is 6.30. The minimum atomic E-state index is 0.216. The van der Waals surface area contributed by atoms with E-state index in [1.807, 2.05) is 11.8 Å². The van der Waals surface area contributed by atoms with E-state index in [4.69, 9.17) is 19.2 Å². The van der Waals surface area contributed by atoms with Gasteiger partial charge in [0, 0.05) is 56.8 Å². The number of nitrogens with one attached hydrogen (secondary N) is 2. The maximum Gasteiger partial charge on any atom is 0.191 e. The van der Waals surface area contributed by atoms with E-state index in [0.717, 1.165) is 62.8 Å². The van der Waals surface area contributed by atoms with Crippen LogP contribution in [-0.4, -0.2) is 63.6 Å². The Balaban J connectivity index is 2.01. The minimum absolute atomic E-state index is 0.216. The zero-order chi connectivity index (χ0) is 21.0. The molecule has 0 bridgehead atoms. The standard InChI is InChI=1S/C22H37N3O3S/c1-5-23-21(25-17-22(29-4)9-13-27-14-10-22)24-16-19-8-7-18(2)15-20(19)28-12-6-11-26-3/h7-8,15H,5-6,9-14,16-17H2,1-4H3,(H2,23,24,25). The van der Waals surface area contributed by atoms with E-state index in [0.29, 0.717) is 19.8 Å². The molecule has 2 rings (SSSR count). The predicted molar refractivity (Wildman–Crippen MR) is 122 cm³/mol. The first-order chi connectivity index (χ1) is 14.1. The molecule has 29 heavy (non-hydrogen) atoms. The van der Waals surface area contributed by atoms with E-state index in [1.165, 1.54) is 5.56 Å². The Labute approximate surface area is 180 Å². The second-order valence-corrected chi connectivity index (χ2v) is 8.63. The first kappa shape index (κ1) is 23.8. The van der Waals surface area contributed by atoms with Crippen LogP contribution in [0.2, 0.25) is 0 Å². The molecule has 1 aromatic rings. The summed E-state index contributed by atoms with van der Waals surface area (Å²) < 4.78 is 16.9. The summed E-state index contributed by atoms with van der Waals surface area (Å²) in [5, 5.41) is 6.91. The van der Waals surface area contributed by atoms with Gasteiger partial charge in [0.05, 0.1) is 13.2 Å². The normalized spacial score (nSPS) is 16.5. The Kier molecular flexibility index (Phi) is 10.7. The summed E-state index contributed by atoms with van der Waals surface area (Å²) in [7, 11) is 1.71. The van der Waals surface area contributed by atoms with Crippen molar-refractivity contribution in [3.05, 3.63) is 29.3 Å². The van der Waals surface area contributed by atoms with E-state index >= 15 is 0 Å². The topological polar surface area (TPSA) is 64.1 Å². The average Bonchev–Trinajstić information content (AvgIpc) is 2.75. The summed E-state index contributed by atoms with van der Waals surface area (Å²) >= 11 is 1.93. The monoisotopic (exact) mass is 423 g/mol. The third-order valence-electron chi connectivity index (χ3n) is 5.14. The fourth-order valence-corrected chi connectivity index (χ4v) is 4.05. The number of hydrogen-bond donors (Lipinski definition) is 2. The van der Waals surface area contributed by atoms with Crippen molar-refractivity contribution in [1.29, 1.82) is 0 Å². The van der Waals surface area contributed by atoms with Gasteiger partial charge in [0.1, 0.15) is 5.75 Å². The van der Waals surface area contributed by atoms with Gasteiger partial charge in [0.15, 0.2) is 5.96 Å². The Morgan fingerprint density at radius 3 is 2.72 bits per heavy atom. The number of guanidine groups is 1. The van der Waals surface area contributed by atoms with Gasteiger partial charge in [-0.1, -0.05) is 12.1 Å². The van der Waals surface area contributed by atoms with Crippen molar-refractivity contribution in [3.63, 3.8) is 0 Å². The van der Waals surface area contributed by atoms with Crippen molar-refractivity contribution in [3.8, 4) is 5.75 Å². The average molecular weight is 424 g/mol. The van der Waals surface area contributed by atoms with Crippen LogP contribution < -0.4 is 15.4 Å². The van der Waals surface area contributed by atoms with Crippen LogP contribution in [0.5, 0.6) is 5.75 Å². The van der Waals surface area contributed by atoms with Gasteiger partial charge in [0.25, 0.3) is 0 Å². The van der Waals surface area contributed by atoms with Crippen molar-refractivity contribution in [2.24, 2.45) is 4.99 Å². The van der Waals surface area contributed by atoms with Crippen molar-refractivity contribution in [2.75, 3.05) is 52.9 Å². The lowest BCUT2D eigenvalue weighted by Gasteiger charge is -2.36. The molecule has 1 fully saturated rings. The second-order valence-electron chi connectivity index (χ2n) is 7.35. The van der Waals surface area contributed by atoms with Crippen LogP contribution in [0.25, 0.3) is 0 Å². The van der Waals surface area contributed by atoms with Crippen molar-refractivity contribution in [2.45, 2.75) is 44.4 Å². The number of aliphatic imine (C=N–C) groups is 1. The Morgan fingerprint density at radius 2 is 2.03 bits per heavy atom. The highest BCUT2D eigenvalue weighted by molar-refractivity contribution is 8.00. The number of hydrogen-bond acceptors (Lipinski definition) is 5. The summed E-state index contributed by atoms with van der Waals surface area (Å²) in [6.45, 7) is 9.48. The van der Waals surface area contributed by atoms with Crippen LogP contribution in [0.4, 0.5) is 0 Å². The smallest absolute Gasteiger partial charge is 0.191 e. The molecule has 0 atom stereocenters. The van der Waals surface area contributed by atoms with E-state index in [1.54, 1.807) is 7.11 Å². The number of rotatable bonds is 11. The fraction of sp³-hybridized carbons (Fsp3) is 0.682. The van der Waals surface area contributed by atoms with Gasteiger partial charge in [-0.2, -0.15) is 11.8 Å². The lowest BCUT2D eigenvalue weighted by atomic mass is 9.99. The molecule has 0 radical (unpaired) electrons. The van der Waals surface area contributed by atoms with Gasteiger partial charge in [-0.25, -0.2) is 4.99 Å². The first-order valence-corrected chi connectivity index (χ1v) is 11.7. The second kappa shape index (κ2) is 13.0. The van der Waals surface area contributed by atoms with Gasteiger partial charge < -0.3 is 24.8 Å². The molecular formula is C22H37N3O3S. The third-order valence-corrected chi connectivity index (χ3v) is 6.56. The van der Waals surface area contributed by atoms with E-state index in [9.17, 15) is 0 Å². The largest absolute Gasteiger partial charge is 0.493 e. The van der Waals surface area contributed by atoms with E-state index in [2.05, 4.69) is 48.9 Å². The van der Waals surface area contributed by atoms with Crippen LogP contribution in [0.1, 0.15) is 37.3 Å². The molecule has 0 aromatic heterocycles. The molecule has 7 heteroatoms. The first-order valence-electron chi connectivity index (χ1n) is 10.5. The SMILES string of the molecule is CCNC(=NCc1ccc(C)cc1OCCCOC)NCC1(SC)CCOCC1. The van der Waals surface area contributed by atoms with E-state index < -0.39 is 0 Å². The summed E-state index contributed by atoms with van der Waals surface area (Å²) in [4.78, 5) is 4.82. The van der Waals surface area contributed by atoms with Crippen LogP contribution in [-0.2, 0) is 16.0 Å². The highest BCUT2D eigenvalue weighted by atomic mass is 32.2. The van der Waals surface area contributed by atoms with Crippen molar-refractivity contribution in [1.82, 2.24) is 10.6 Å². The van der Waals surface area contributed by atoms with Gasteiger partial charge >= 0.3 is 0 Å². The molecule has 1 aliphatic heterocycles. The molecule has 2 N–H and O–H groups in total. The molecule has 1 saturated heterocycles. The zero-order valence-corrected chi connectivity index (χ0v) is 19.2. The van der Waals surface area contributed by atoms with Gasteiger partial charge in [0.2, 0.25) is 0 Å². The number of nitrogens with zero attached hydrogens (tertiary/aromatic N) is 1. The maximum atomic E-state index is 5.99. The quantitative estimate of drug-likeness (QED) is 0.323. The minimum Gasteiger partial charge on any atom is -0.493 e. The Hall–Kier alpha value is -1.44. The lowest BCUT2D eigenvalue weighted by Crippen LogP contribution is -2.47. The molecule has 0 unspecified atom stereocenters. The van der Waals surface area contributed by atoms with Crippen LogP contribution in [0, 0.1) is 6.92 Å². The predicted octanol–water partition coefficient (Wildman–Crippen LogP) is 3.38. The molecule has 0 aliphatic carbocycles. The molecule has 6 nitrogen and oxygen atoms in total. The van der Waals surface area contributed by atoms with Crippen LogP contribution in [0.3, 0.4) is 0 Å². The molecule has 1 heterocycles. The van der Waals surface area contributed by atoms with Crippen molar-refractivity contribution >= 4 is 17.7 Å². The summed E-state index contributed by atoms with van der Waals surface area (Å²) in [5.74, 6) is 1.75. The zero-order valence-electron chi connectivity index (χ0n) is 18.4. The number of methoxy groups -OCH3 is 1. The van der Waals surface area contributed by atoms with Gasteiger partial charge in [-0.3, -0.25) is 0 Å². The van der Waals surface area contributed by atoms with Crippen LogP contribution >= 0.6 is 11.8 Å². The van der Waals surface area contributed by atoms with E-state index in [-0.39, 0.29) is 4.75 Å². The lowest BCUT2D eigenvalue weighted by molar-refractivity contribution is 0.0783.